The van der Waals surface area contributed by atoms with Crippen LogP contribution in [0.4, 0.5) is 0 Å². The maximum atomic E-state index is 13.2. The molecule has 15 heteroatoms. The highest BCUT2D eigenvalue weighted by Crippen LogP contribution is 2.44. The summed E-state index contributed by atoms with van der Waals surface area (Å²) in [6.45, 7) is 10.4. The second-order valence-corrected chi connectivity index (χ2v) is 21.5. The van der Waals surface area contributed by atoms with E-state index in [0.29, 0.717) is 32.0 Å². The number of hydrogen-bond acceptors (Lipinski definition) is 9. The molecule has 9 nitrogen and oxygen atoms in total. The minimum absolute atomic E-state index is 0.0802. The van der Waals surface area contributed by atoms with Crippen molar-refractivity contribution < 1.29 is 31.4 Å². The summed E-state index contributed by atoms with van der Waals surface area (Å²) >= 11 is 14.1. The van der Waals surface area contributed by atoms with E-state index >= 15 is 0 Å². The van der Waals surface area contributed by atoms with Crippen molar-refractivity contribution in [1.82, 2.24) is 8.61 Å². The van der Waals surface area contributed by atoms with E-state index in [2.05, 4.69) is 6.92 Å². The Morgan fingerprint density at radius 3 is 1.41 bits per heavy atom. The van der Waals surface area contributed by atoms with E-state index < -0.39 is 31.5 Å². The van der Waals surface area contributed by atoms with Gasteiger partial charge in [-0.15, -0.1) is 22.7 Å². The van der Waals surface area contributed by atoms with Gasteiger partial charge in [-0.3, -0.25) is 0 Å². The number of halogens is 2. The van der Waals surface area contributed by atoms with Crippen molar-refractivity contribution in [2.24, 2.45) is 17.8 Å². The number of sulfonamides is 2. The van der Waals surface area contributed by atoms with Crippen LogP contribution in [0.15, 0.2) is 32.7 Å². The van der Waals surface area contributed by atoms with E-state index in [4.69, 9.17) is 32.7 Å². The van der Waals surface area contributed by atoms with Crippen LogP contribution in [-0.2, 0) is 29.5 Å². The van der Waals surface area contributed by atoms with Crippen molar-refractivity contribution in [3.05, 3.63) is 32.9 Å². The molecule has 1 N–H and O–H groups in total. The van der Waals surface area contributed by atoms with E-state index in [1.165, 1.54) is 17.1 Å². The molecule has 0 radical (unpaired) electrons. The van der Waals surface area contributed by atoms with Gasteiger partial charge >= 0.3 is 0 Å². The number of aliphatic hydroxyl groups excluding tert-OH is 1. The summed E-state index contributed by atoms with van der Waals surface area (Å²) in [5.74, 6) is 1.33. The van der Waals surface area contributed by atoms with Crippen LogP contribution in [0.3, 0.4) is 0 Å². The Kier molecular flexibility index (Phi) is 11.3. The van der Waals surface area contributed by atoms with E-state index in [-0.39, 0.29) is 28.3 Å². The number of thiophene rings is 2. The number of aliphatic hydroxyl groups is 1. The highest BCUT2D eigenvalue weighted by atomic mass is 35.5. The Bertz CT molecular complexity index is 1440. The van der Waals surface area contributed by atoms with Crippen LogP contribution in [0.25, 0.3) is 0 Å². The first kappa shape index (κ1) is 36.9. The molecule has 4 heterocycles. The first-order valence-corrected chi connectivity index (χ1v) is 21.3. The highest BCUT2D eigenvalue weighted by Gasteiger charge is 2.53. The molecular weight excluding hydrogens is 712 g/mol. The third-order valence-corrected chi connectivity index (χ3v) is 17.5. The third kappa shape index (κ3) is 7.70. The van der Waals surface area contributed by atoms with Gasteiger partial charge in [0.05, 0.1) is 40.1 Å². The van der Waals surface area contributed by atoms with Gasteiger partial charge in [-0.25, -0.2) is 16.8 Å². The molecule has 46 heavy (non-hydrogen) atoms. The lowest BCUT2D eigenvalue weighted by molar-refractivity contribution is -0.0171. The molecule has 2 aromatic rings. The minimum atomic E-state index is -3.66. The van der Waals surface area contributed by atoms with Crippen molar-refractivity contribution in [3.63, 3.8) is 0 Å². The molecule has 0 unspecified atom stereocenters. The molecule has 4 fully saturated rings. The summed E-state index contributed by atoms with van der Waals surface area (Å²) in [4.78, 5) is 0. The molecular formula is C31H46Cl2N2O7S4. The quantitative estimate of drug-likeness (QED) is 0.326. The van der Waals surface area contributed by atoms with Crippen molar-refractivity contribution >= 4 is 65.9 Å². The molecule has 2 aromatic heterocycles. The van der Waals surface area contributed by atoms with E-state index in [9.17, 15) is 21.9 Å². The van der Waals surface area contributed by atoms with Crippen LogP contribution in [0.2, 0.25) is 8.67 Å². The van der Waals surface area contributed by atoms with Gasteiger partial charge in [-0.2, -0.15) is 8.61 Å². The lowest BCUT2D eigenvalue weighted by Crippen LogP contribution is -2.50. The fourth-order valence-electron chi connectivity index (χ4n) is 7.45. The summed E-state index contributed by atoms with van der Waals surface area (Å²) in [6.07, 6.45) is 7.31. The van der Waals surface area contributed by atoms with Gasteiger partial charge in [-0.05, 0) is 108 Å². The van der Waals surface area contributed by atoms with Gasteiger partial charge in [0.15, 0.2) is 0 Å². The number of nitrogens with zero attached hydrogens (tertiary/aromatic N) is 2. The van der Waals surface area contributed by atoms with Gasteiger partial charge < -0.3 is 14.6 Å². The van der Waals surface area contributed by atoms with Gasteiger partial charge in [-0.1, -0.05) is 43.0 Å². The molecule has 260 valence electrons. The molecule has 0 bridgehead atoms. The van der Waals surface area contributed by atoms with Crippen LogP contribution in [-0.4, -0.2) is 73.4 Å². The third-order valence-electron chi connectivity index (χ3n) is 9.89. The fourth-order valence-corrected chi connectivity index (χ4v) is 14.5. The van der Waals surface area contributed by atoms with Crippen LogP contribution in [0.1, 0.15) is 86.0 Å². The van der Waals surface area contributed by atoms with Gasteiger partial charge in [0.1, 0.15) is 19.9 Å². The molecule has 2 saturated carbocycles. The second kappa shape index (κ2) is 14.1. The van der Waals surface area contributed by atoms with Gasteiger partial charge in [0.25, 0.3) is 20.0 Å². The summed E-state index contributed by atoms with van der Waals surface area (Å²) in [6, 6.07) is 6.12. The van der Waals surface area contributed by atoms with Crippen LogP contribution >= 0.6 is 45.9 Å². The SMILES string of the molecule is CC1(C)OC[C@H](C2CCC(O)CC2)N1S(=O)(=O)c1ccc(Cl)s1.CC1CCC([C@H]2COC(C)(C)N2S(=O)(=O)c2ccc(Cl)s2)CC1. The van der Waals surface area contributed by atoms with Crippen molar-refractivity contribution in [3.8, 4) is 0 Å². The average Bonchev–Trinajstić information content (AvgIpc) is 3.76. The second-order valence-electron chi connectivity index (χ2n) is 14.0. The molecule has 0 amide bonds. The van der Waals surface area contributed by atoms with Crippen molar-refractivity contribution in [2.45, 2.75) is 124 Å². The Hall–Kier alpha value is -0.320. The lowest BCUT2D eigenvalue weighted by Gasteiger charge is -2.37. The minimum Gasteiger partial charge on any atom is -0.393 e. The van der Waals surface area contributed by atoms with E-state index in [1.807, 2.05) is 13.8 Å². The molecule has 2 saturated heterocycles. The Labute approximate surface area is 292 Å². The molecule has 0 spiro atoms. The Morgan fingerprint density at radius 1 is 0.696 bits per heavy atom. The summed E-state index contributed by atoms with van der Waals surface area (Å²) in [7, 11) is -7.25. The Balaban J connectivity index is 0.000000181. The largest absolute Gasteiger partial charge is 0.393 e. The van der Waals surface area contributed by atoms with Crippen LogP contribution in [0.5, 0.6) is 0 Å². The molecule has 2 aliphatic heterocycles. The average molecular weight is 758 g/mol. The van der Waals surface area contributed by atoms with E-state index in [0.717, 1.165) is 67.1 Å². The maximum Gasteiger partial charge on any atom is 0.255 e. The first-order chi connectivity index (χ1) is 21.4. The standard InChI is InChI=1S/C16H24ClNO3S2.C15H22ClNO4S2/c1-11-4-6-12(7-5-11)13-10-21-16(2,3)18(13)23(19,20)15-9-8-14(17)22-15;1-15(2)17(23(19,20)14-8-7-13(16)22-14)12(9-21-15)10-3-5-11(18)6-4-10/h8-9,11-13H,4-7,10H2,1-3H3;7-8,10-12,18H,3-6,9H2,1-2H3/t11?,12?,13-;10?,11?,12-/m11/s1. The van der Waals surface area contributed by atoms with Crippen LogP contribution < -0.4 is 0 Å². The zero-order chi connectivity index (χ0) is 33.7. The molecule has 2 atom stereocenters. The monoisotopic (exact) mass is 756 g/mol. The molecule has 4 aliphatic rings. The predicted octanol–water partition coefficient (Wildman–Crippen LogP) is 7.43. The predicted molar refractivity (Wildman–Crippen MR) is 183 cm³/mol. The summed E-state index contributed by atoms with van der Waals surface area (Å²) in [5.41, 5.74) is -1.70. The first-order valence-electron chi connectivity index (χ1n) is 16.0. The van der Waals surface area contributed by atoms with Crippen molar-refractivity contribution in [1.29, 1.82) is 0 Å². The van der Waals surface area contributed by atoms with Crippen molar-refractivity contribution in [2.75, 3.05) is 13.2 Å². The van der Waals surface area contributed by atoms with Crippen LogP contribution in [0, 0.1) is 17.8 Å². The summed E-state index contributed by atoms with van der Waals surface area (Å²) in [5, 5.41) is 9.70. The van der Waals surface area contributed by atoms with E-state index in [1.54, 1.807) is 42.4 Å². The smallest absolute Gasteiger partial charge is 0.255 e. The zero-order valence-corrected chi connectivity index (χ0v) is 31.8. The maximum absolute atomic E-state index is 13.2. The highest BCUT2D eigenvalue weighted by molar-refractivity contribution is 7.91. The van der Waals surface area contributed by atoms with Gasteiger partial charge in [0.2, 0.25) is 0 Å². The van der Waals surface area contributed by atoms with Gasteiger partial charge in [0, 0.05) is 0 Å². The number of ether oxygens (including phenoxy) is 2. The molecule has 2 aliphatic carbocycles. The number of hydrogen-bond donors (Lipinski definition) is 1. The topological polar surface area (TPSA) is 113 Å². The lowest BCUT2D eigenvalue weighted by atomic mass is 9.79. The number of rotatable bonds is 6. The summed E-state index contributed by atoms with van der Waals surface area (Å²) < 4.78 is 68.9. The Morgan fingerprint density at radius 2 is 1.07 bits per heavy atom. The fraction of sp³-hybridized carbons (Fsp3) is 0.742. The normalized spacial score (nSPS) is 32.3. The molecule has 6 rings (SSSR count). The molecule has 0 aromatic carbocycles. The zero-order valence-electron chi connectivity index (χ0n) is 27.0.